The minimum atomic E-state index is -3.77. The number of ether oxygens (including phenoxy) is 1. The Hall–Kier alpha value is -0.480. The smallest absolute Gasteiger partial charge is 0.345 e. The Morgan fingerprint density at radius 2 is 2.35 bits per heavy atom. The Morgan fingerprint density at radius 3 is 2.85 bits per heavy atom. The third-order valence-corrected chi connectivity index (χ3v) is 6.82. The van der Waals surface area contributed by atoms with Crippen LogP contribution in [0.25, 0.3) is 0 Å². The van der Waals surface area contributed by atoms with E-state index in [9.17, 15) is 13.2 Å². The summed E-state index contributed by atoms with van der Waals surface area (Å²) in [6.07, 6.45) is 1.60. The normalized spacial score (nSPS) is 21.0. The second-order valence-electron chi connectivity index (χ2n) is 4.52. The van der Waals surface area contributed by atoms with Gasteiger partial charge in [0.2, 0.25) is 10.0 Å². The number of sulfonamides is 1. The molecule has 9 heteroatoms. The van der Waals surface area contributed by atoms with Crippen molar-refractivity contribution in [2.24, 2.45) is 0 Å². The molecule has 6 nitrogen and oxygen atoms in total. The summed E-state index contributed by atoms with van der Waals surface area (Å²) < 4.78 is 32.8. The van der Waals surface area contributed by atoms with E-state index < -0.39 is 16.0 Å². The standard InChI is InChI=1S/C11H14BrNO5S2/c1-6(7-3-2-4-18-7)13-20(16,17)9-5-8(11(14)15)19-10(9)12/h5-7,13H,2-4H2,1H3,(H,14,15). The minimum Gasteiger partial charge on any atom is -0.477 e. The van der Waals surface area contributed by atoms with Crippen molar-refractivity contribution in [2.45, 2.75) is 36.8 Å². The number of carboxylic acid groups (broad SMARTS) is 1. The van der Waals surface area contributed by atoms with Gasteiger partial charge in [-0.15, -0.1) is 11.3 Å². The quantitative estimate of drug-likeness (QED) is 0.811. The van der Waals surface area contributed by atoms with Gasteiger partial charge in [0.15, 0.2) is 0 Å². The average Bonchev–Trinajstić information content (AvgIpc) is 2.96. The Labute approximate surface area is 129 Å². The molecular formula is C11H14BrNO5S2. The highest BCUT2D eigenvalue weighted by Gasteiger charge is 2.29. The Balaban J connectivity index is 2.19. The van der Waals surface area contributed by atoms with Gasteiger partial charge in [0.1, 0.15) is 9.77 Å². The molecule has 2 unspecified atom stereocenters. The number of carbonyl (C=O) groups is 1. The molecule has 2 rings (SSSR count). The third-order valence-electron chi connectivity index (χ3n) is 3.02. The Kier molecular flexibility index (Phi) is 4.85. The summed E-state index contributed by atoms with van der Waals surface area (Å²) in [6.45, 7) is 2.38. The number of carboxylic acids is 1. The summed E-state index contributed by atoms with van der Waals surface area (Å²) in [5.74, 6) is -1.15. The molecule has 112 valence electrons. The Bertz CT molecular complexity index is 606. The number of nitrogens with one attached hydrogen (secondary N) is 1. The van der Waals surface area contributed by atoms with Gasteiger partial charge in [-0.2, -0.15) is 0 Å². The summed E-state index contributed by atoms with van der Waals surface area (Å²) >= 11 is 3.97. The first-order chi connectivity index (χ1) is 9.31. The number of hydrogen-bond acceptors (Lipinski definition) is 5. The third kappa shape index (κ3) is 3.40. The molecule has 0 bridgehead atoms. The van der Waals surface area contributed by atoms with E-state index in [2.05, 4.69) is 20.7 Å². The lowest BCUT2D eigenvalue weighted by Crippen LogP contribution is -2.40. The van der Waals surface area contributed by atoms with Crippen molar-refractivity contribution in [1.82, 2.24) is 4.72 Å². The maximum atomic E-state index is 12.3. The summed E-state index contributed by atoms with van der Waals surface area (Å²) in [5.41, 5.74) is 0. The molecule has 2 N–H and O–H groups in total. The van der Waals surface area contributed by atoms with E-state index in [0.717, 1.165) is 30.2 Å². The summed E-state index contributed by atoms with van der Waals surface area (Å²) in [5, 5.41) is 8.90. The van der Waals surface area contributed by atoms with Crippen LogP contribution in [0.3, 0.4) is 0 Å². The largest absolute Gasteiger partial charge is 0.477 e. The van der Waals surface area contributed by atoms with Gasteiger partial charge in [0.25, 0.3) is 0 Å². The molecule has 1 saturated heterocycles. The number of halogens is 1. The number of hydrogen-bond donors (Lipinski definition) is 2. The molecule has 0 saturated carbocycles. The highest BCUT2D eigenvalue weighted by Crippen LogP contribution is 2.32. The van der Waals surface area contributed by atoms with Crippen LogP contribution < -0.4 is 4.72 Å². The molecule has 1 aliphatic heterocycles. The van der Waals surface area contributed by atoms with Crippen LogP contribution in [-0.2, 0) is 14.8 Å². The second kappa shape index (κ2) is 6.10. The highest BCUT2D eigenvalue weighted by atomic mass is 79.9. The van der Waals surface area contributed by atoms with Gasteiger partial charge in [-0.1, -0.05) is 0 Å². The van der Waals surface area contributed by atoms with E-state index in [1.807, 2.05) is 0 Å². The predicted octanol–water partition coefficient (Wildman–Crippen LogP) is 2.05. The van der Waals surface area contributed by atoms with E-state index in [4.69, 9.17) is 9.84 Å². The number of aromatic carboxylic acids is 1. The minimum absolute atomic E-state index is 0.0259. The first kappa shape index (κ1) is 15.9. The van der Waals surface area contributed by atoms with Gasteiger partial charge in [-0.05, 0) is 41.8 Å². The van der Waals surface area contributed by atoms with Gasteiger partial charge in [-0.25, -0.2) is 17.9 Å². The Morgan fingerprint density at radius 1 is 1.65 bits per heavy atom. The zero-order valence-corrected chi connectivity index (χ0v) is 13.8. The van der Waals surface area contributed by atoms with E-state index in [0.29, 0.717) is 6.61 Å². The van der Waals surface area contributed by atoms with Gasteiger partial charge in [0.05, 0.1) is 9.89 Å². The lowest BCUT2D eigenvalue weighted by atomic mass is 10.1. The molecule has 0 amide bonds. The van der Waals surface area contributed by atoms with Gasteiger partial charge >= 0.3 is 5.97 Å². The molecule has 0 spiro atoms. The molecule has 2 heterocycles. The van der Waals surface area contributed by atoms with Crippen LogP contribution in [0.2, 0.25) is 0 Å². The fourth-order valence-corrected chi connectivity index (χ4v) is 5.70. The molecule has 0 aromatic carbocycles. The SMILES string of the molecule is CC(NS(=O)(=O)c1cc(C(=O)O)sc1Br)C1CCCO1. The molecule has 20 heavy (non-hydrogen) atoms. The molecule has 1 aliphatic rings. The highest BCUT2D eigenvalue weighted by molar-refractivity contribution is 9.11. The molecule has 1 aromatic heterocycles. The van der Waals surface area contributed by atoms with Crippen molar-refractivity contribution < 1.29 is 23.1 Å². The van der Waals surface area contributed by atoms with Gasteiger partial charge < -0.3 is 9.84 Å². The van der Waals surface area contributed by atoms with E-state index in [1.165, 1.54) is 0 Å². The van der Waals surface area contributed by atoms with Gasteiger partial charge in [-0.3, -0.25) is 0 Å². The molecule has 2 atom stereocenters. The first-order valence-corrected chi connectivity index (χ1v) is 9.07. The van der Waals surface area contributed by atoms with Crippen molar-refractivity contribution >= 4 is 43.3 Å². The molecule has 1 fully saturated rings. The maximum Gasteiger partial charge on any atom is 0.345 e. The topological polar surface area (TPSA) is 92.7 Å². The van der Waals surface area contributed by atoms with E-state index >= 15 is 0 Å². The maximum absolute atomic E-state index is 12.3. The first-order valence-electron chi connectivity index (χ1n) is 5.98. The molecule has 1 aromatic rings. The van der Waals surface area contributed by atoms with E-state index in [1.54, 1.807) is 6.92 Å². The fraction of sp³-hybridized carbons (Fsp3) is 0.545. The van der Waals surface area contributed by atoms with Crippen LogP contribution in [0.1, 0.15) is 29.4 Å². The van der Waals surface area contributed by atoms with Crippen molar-refractivity contribution in [3.05, 3.63) is 14.7 Å². The van der Waals surface area contributed by atoms with E-state index in [-0.39, 0.29) is 25.7 Å². The van der Waals surface area contributed by atoms with Crippen molar-refractivity contribution in [2.75, 3.05) is 6.61 Å². The number of rotatable bonds is 5. The second-order valence-corrected chi connectivity index (χ2v) is 8.57. The van der Waals surface area contributed by atoms with Crippen LogP contribution in [0.5, 0.6) is 0 Å². The van der Waals surface area contributed by atoms with Crippen LogP contribution >= 0.6 is 27.3 Å². The molecule has 0 aliphatic carbocycles. The van der Waals surface area contributed by atoms with Crippen molar-refractivity contribution in [1.29, 1.82) is 0 Å². The van der Waals surface area contributed by atoms with Gasteiger partial charge in [0, 0.05) is 12.6 Å². The zero-order chi connectivity index (χ0) is 14.9. The average molecular weight is 384 g/mol. The lowest BCUT2D eigenvalue weighted by Gasteiger charge is -2.19. The molecular weight excluding hydrogens is 370 g/mol. The van der Waals surface area contributed by atoms with Crippen LogP contribution in [-0.4, -0.2) is 38.2 Å². The number of thiophene rings is 1. The van der Waals surface area contributed by atoms with Crippen LogP contribution in [0, 0.1) is 0 Å². The summed E-state index contributed by atoms with van der Waals surface area (Å²) in [7, 11) is -3.77. The van der Waals surface area contributed by atoms with Crippen molar-refractivity contribution in [3.8, 4) is 0 Å². The fourth-order valence-electron chi connectivity index (χ4n) is 2.02. The zero-order valence-electron chi connectivity index (χ0n) is 10.6. The summed E-state index contributed by atoms with van der Waals surface area (Å²) in [4.78, 5) is 10.8. The monoisotopic (exact) mass is 383 g/mol. The predicted molar refractivity (Wildman–Crippen MR) is 77.7 cm³/mol. The van der Waals surface area contributed by atoms with Crippen LogP contribution in [0.4, 0.5) is 0 Å². The summed E-state index contributed by atoms with van der Waals surface area (Å²) in [6, 6.07) is 0.796. The lowest BCUT2D eigenvalue weighted by molar-refractivity contribution is 0.0702. The van der Waals surface area contributed by atoms with Crippen molar-refractivity contribution in [3.63, 3.8) is 0 Å². The van der Waals surface area contributed by atoms with Crippen LogP contribution in [0.15, 0.2) is 14.7 Å². The molecule has 0 radical (unpaired) electrons.